The Kier molecular flexibility index (Phi) is 27.1. The normalized spacial score (nSPS) is 15.8. The second-order valence-corrected chi connectivity index (χ2v) is 13.8. The van der Waals surface area contributed by atoms with Crippen molar-refractivity contribution in [3.8, 4) is 0 Å². The Bertz CT molecular complexity index is 1040. The van der Waals surface area contributed by atoms with Crippen LogP contribution in [0.15, 0.2) is 84.0 Å². The second kappa shape index (κ2) is 29.7. The minimum Gasteiger partial charge on any atom is -0.396 e. The van der Waals surface area contributed by atoms with Crippen molar-refractivity contribution in [2.75, 3.05) is 39.6 Å². The van der Waals surface area contributed by atoms with Gasteiger partial charge in [-0.3, -0.25) is 0 Å². The minimum absolute atomic E-state index is 0.105. The molecule has 0 aromatic heterocycles. The largest absolute Gasteiger partial charge is 0.396 e. The molecular weight excluding hydrogens is 592 g/mol. The standard InChI is InChI=1S/C21H34O2.C19H30O.C4H8O/c1-4-18(2)10-11-19(3)12-13-21(14-16-23-17-15-22)20-8-6-5-7-9-20;1-4-16(2)10-11-17(3)12-13-19(14-15-20)18-8-6-5-7-9-18;1-2-4-5-3-1/h5-9,11,18,21-22H,4,10,12-17H2,1-3H3;5-9,11,16,19-20H,4,10,12-15H2,1-3H3;1-4H2/b19-11+;17-11+;. The lowest BCUT2D eigenvalue weighted by Crippen LogP contribution is -2.07. The number of hydrogen-bond donors (Lipinski definition) is 2. The van der Waals surface area contributed by atoms with E-state index in [1.54, 1.807) is 0 Å². The topological polar surface area (TPSA) is 58.9 Å². The quantitative estimate of drug-likeness (QED) is 0.103. The Morgan fingerprint density at radius 1 is 0.667 bits per heavy atom. The van der Waals surface area contributed by atoms with E-state index in [0.717, 1.165) is 70.2 Å². The molecule has 1 aliphatic heterocycles. The van der Waals surface area contributed by atoms with Crippen LogP contribution in [0.2, 0.25) is 0 Å². The van der Waals surface area contributed by atoms with E-state index in [9.17, 15) is 5.11 Å². The van der Waals surface area contributed by atoms with Crippen LogP contribution >= 0.6 is 0 Å². The predicted octanol–water partition coefficient (Wildman–Crippen LogP) is 11.4. The average Bonchev–Trinajstić information content (AvgIpc) is 3.72. The molecule has 0 radical (unpaired) electrons. The fourth-order valence-electron chi connectivity index (χ4n) is 5.61. The molecule has 4 unspecified atom stereocenters. The van der Waals surface area contributed by atoms with E-state index in [2.05, 4.69) is 114 Å². The summed E-state index contributed by atoms with van der Waals surface area (Å²) in [6.07, 6.45) is 18.7. The zero-order valence-electron chi connectivity index (χ0n) is 31.7. The van der Waals surface area contributed by atoms with E-state index in [0.29, 0.717) is 18.4 Å². The van der Waals surface area contributed by atoms with Gasteiger partial charge in [0.2, 0.25) is 0 Å². The van der Waals surface area contributed by atoms with Gasteiger partial charge in [-0.2, -0.15) is 0 Å². The van der Waals surface area contributed by atoms with Gasteiger partial charge in [-0.05, 0) is 113 Å². The van der Waals surface area contributed by atoms with Gasteiger partial charge in [0.1, 0.15) is 0 Å². The minimum atomic E-state index is 0.105. The van der Waals surface area contributed by atoms with Gasteiger partial charge < -0.3 is 19.7 Å². The first-order chi connectivity index (χ1) is 23.3. The molecule has 0 saturated carbocycles. The summed E-state index contributed by atoms with van der Waals surface area (Å²) in [6.45, 7) is 17.2. The predicted molar refractivity (Wildman–Crippen MR) is 207 cm³/mol. The Labute approximate surface area is 296 Å². The lowest BCUT2D eigenvalue weighted by molar-refractivity contribution is 0.0870. The van der Waals surface area contributed by atoms with Crippen LogP contribution < -0.4 is 0 Å². The molecule has 2 aromatic rings. The third-order valence-electron chi connectivity index (χ3n) is 9.60. The number of benzene rings is 2. The molecule has 2 N–H and O–H groups in total. The SMILES string of the molecule is C1CCOC1.CCC(C)C/C=C(\C)CCC(CCO)c1ccccc1.CCC(C)C/C=C(\C)CCC(CCOCCO)c1ccccc1. The molecule has 4 nitrogen and oxygen atoms in total. The van der Waals surface area contributed by atoms with Gasteiger partial charge >= 0.3 is 0 Å². The van der Waals surface area contributed by atoms with Crippen LogP contribution in [-0.4, -0.2) is 49.9 Å². The van der Waals surface area contributed by atoms with Crippen LogP contribution in [0.5, 0.6) is 0 Å². The zero-order valence-corrected chi connectivity index (χ0v) is 31.7. The Balaban J connectivity index is 0.000000420. The highest BCUT2D eigenvalue weighted by Crippen LogP contribution is 2.28. The first kappa shape index (κ1) is 43.8. The number of ether oxygens (including phenoxy) is 2. The maximum Gasteiger partial charge on any atom is 0.0697 e. The third kappa shape index (κ3) is 22.4. The summed E-state index contributed by atoms with van der Waals surface area (Å²) in [5.74, 6) is 2.57. The summed E-state index contributed by atoms with van der Waals surface area (Å²) in [4.78, 5) is 0. The molecule has 4 heteroatoms. The summed E-state index contributed by atoms with van der Waals surface area (Å²) in [6, 6.07) is 21.3. The third-order valence-corrected chi connectivity index (χ3v) is 9.60. The van der Waals surface area contributed by atoms with E-state index in [-0.39, 0.29) is 13.2 Å². The smallest absolute Gasteiger partial charge is 0.0697 e. The lowest BCUT2D eigenvalue weighted by Gasteiger charge is -2.18. The van der Waals surface area contributed by atoms with Gasteiger partial charge in [-0.1, -0.05) is 124 Å². The molecule has 0 amide bonds. The zero-order chi connectivity index (χ0) is 35.2. The molecule has 1 heterocycles. The first-order valence-electron chi connectivity index (χ1n) is 19.1. The number of rotatable bonds is 21. The molecule has 0 spiro atoms. The van der Waals surface area contributed by atoms with Crippen LogP contribution in [-0.2, 0) is 9.47 Å². The monoisotopic (exact) mass is 665 g/mol. The van der Waals surface area contributed by atoms with Gasteiger partial charge in [0.15, 0.2) is 0 Å². The van der Waals surface area contributed by atoms with Crippen molar-refractivity contribution in [2.45, 2.75) is 130 Å². The number of allylic oxidation sites excluding steroid dienone is 4. The maximum absolute atomic E-state index is 9.26. The molecule has 1 fully saturated rings. The van der Waals surface area contributed by atoms with Gasteiger partial charge in [0.05, 0.1) is 13.2 Å². The molecule has 3 rings (SSSR count). The van der Waals surface area contributed by atoms with E-state index >= 15 is 0 Å². The number of aliphatic hydroxyl groups excluding tert-OH is 2. The Hall–Kier alpha value is -2.24. The van der Waals surface area contributed by atoms with Gasteiger partial charge in [0.25, 0.3) is 0 Å². The molecule has 2 aromatic carbocycles. The highest BCUT2D eigenvalue weighted by molar-refractivity contribution is 5.21. The van der Waals surface area contributed by atoms with E-state index < -0.39 is 0 Å². The maximum atomic E-state index is 9.26. The highest BCUT2D eigenvalue weighted by atomic mass is 16.5. The highest BCUT2D eigenvalue weighted by Gasteiger charge is 2.12. The molecular formula is C44H72O4. The molecule has 272 valence electrons. The second-order valence-electron chi connectivity index (χ2n) is 13.8. The molecule has 48 heavy (non-hydrogen) atoms. The van der Waals surface area contributed by atoms with Crippen LogP contribution in [0.1, 0.15) is 142 Å². The molecule has 0 aliphatic carbocycles. The Morgan fingerprint density at radius 3 is 1.50 bits per heavy atom. The molecule has 1 aliphatic rings. The van der Waals surface area contributed by atoms with Crippen LogP contribution in [0.25, 0.3) is 0 Å². The number of hydrogen-bond acceptors (Lipinski definition) is 4. The van der Waals surface area contributed by atoms with E-state index in [1.807, 2.05) is 0 Å². The summed E-state index contributed by atoms with van der Waals surface area (Å²) in [7, 11) is 0. The average molecular weight is 665 g/mol. The summed E-state index contributed by atoms with van der Waals surface area (Å²) in [5, 5.41) is 18.1. The van der Waals surface area contributed by atoms with E-state index in [1.165, 1.54) is 60.8 Å². The number of aliphatic hydroxyl groups is 2. The fourth-order valence-corrected chi connectivity index (χ4v) is 5.61. The van der Waals surface area contributed by atoms with Crippen molar-refractivity contribution in [3.63, 3.8) is 0 Å². The van der Waals surface area contributed by atoms with Crippen molar-refractivity contribution >= 4 is 0 Å². The summed E-state index contributed by atoms with van der Waals surface area (Å²) < 4.78 is 10.4. The summed E-state index contributed by atoms with van der Waals surface area (Å²) >= 11 is 0. The molecule has 0 bridgehead atoms. The van der Waals surface area contributed by atoms with Gasteiger partial charge in [0, 0.05) is 26.4 Å². The van der Waals surface area contributed by atoms with Crippen molar-refractivity contribution in [2.24, 2.45) is 11.8 Å². The van der Waals surface area contributed by atoms with Gasteiger partial charge in [-0.15, -0.1) is 0 Å². The van der Waals surface area contributed by atoms with E-state index in [4.69, 9.17) is 14.6 Å². The first-order valence-corrected chi connectivity index (χ1v) is 19.1. The summed E-state index contributed by atoms with van der Waals surface area (Å²) in [5.41, 5.74) is 5.75. The van der Waals surface area contributed by atoms with Crippen LogP contribution in [0.4, 0.5) is 0 Å². The molecule has 1 saturated heterocycles. The van der Waals surface area contributed by atoms with Crippen molar-refractivity contribution in [1.29, 1.82) is 0 Å². The Morgan fingerprint density at radius 2 is 1.12 bits per heavy atom. The van der Waals surface area contributed by atoms with Crippen LogP contribution in [0.3, 0.4) is 0 Å². The van der Waals surface area contributed by atoms with Crippen LogP contribution in [0, 0.1) is 11.8 Å². The molecule has 4 atom stereocenters. The van der Waals surface area contributed by atoms with Gasteiger partial charge in [-0.25, -0.2) is 0 Å². The lowest BCUT2D eigenvalue weighted by atomic mass is 9.89. The van der Waals surface area contributed by atoms with Crippen molar-refractivity contribution in [1.82, 2.24) is 0 Å². The van der Waals surface area contributed by atoms with Crippen molar-refractivity contribution in [3.05, 3.63) is 95.1 Å². The van der Waals surface area contributed by atoms with Crippen molar-refractivity contribution < 1.29 is 19.7 Å². The fraction of sp³-hybridized carbons (Fsp3) is 0.636.